The van der Waals surface area contributed by atoms with Crippen molar-refractivity contribution in [1.82, 2.24) is 10.2 Å². The van der Waals surface area contributed by atoms with E-state index < -0.39 is 28.5 Å². The van der Waals surface area contributed by atoms with Gasteiger partial charge in [0.25, 0.3) is 0 Å². The van der Waals surface area contributed by atoms with Crippen LogP contribution in [0.15, 0.2) is 48.5 Å². The van der Waals surface area contributed by atoms with E-state index in [0.717, 1.165) is 16.1 Å². The van der Waals surface area contributed by atoms with Crippen molar-refractivity contribution in [2.75, 3.05) is 30.8 Å². The minimum absolute atomic E-state index is 0.0887. The number of nitrogens with zero attached hydrogens (tertiary/aromatic N) is 2. The molecule has 0 aromatic heterocycles. The van der Waals surface area contributed by atoms with E-state index in [1.54, 1.807) is 49.4 Å². The van der Waals surface area contributed by atoms with Crippen LogP contribution >= 0.6 is 11.6 Å². The van der Waals surface area contributed by atoms with Gasteiger partial charge in [-0.05, 0) is 42.7 Å². The van der Waals surface area contributed by atoms with Crippen molar-refractivity contribution in [2.45, 2.75) is 33.4 Å². The Kier molecular flexibility index (Phi) is 9.76. The molecule has 2 amide bonds. The van der Waals surface area contributed by atoms with Crippen LogP contribution in [-0.2, 0) is 26.2 Å². The lowest BCUT2D eigenvalue weighted by Crippen LogP contribution is -2.51. The maximum atomic E-state index is 13.5. The van der Waals surface area contributed by atoms with Crippen LogP contribution in [0.3, 0.4) is 0 Å². The van der Waals surface area contributed by atoms with E-state index in [2.05, 4.69) is 5.32 Å². The van der Waals surface area contributed by atoms with E-state index in [1.807, 2.05) is 13.8 Å². The van der Waals surface area contributed by atoms with Crippen LogP contribution in [0.4, 0.5) is 5.69 Å². The van der Waals surface area contributed by atoms with E-state index in [-0.39, 0.29) is 24.1 Å². The van der Waals surface area contributed by atoms with Crippen LogP contribution in [0.1, 0.15) is 26.3 Å². The topological polar surface area (TPSA) is 96.0 Å². The predicted octanol–water partition coefficient (Wildman–Crippen LogP) is 3.30. The summed E-state index contributed by atoms with van der Waals surface area (Å²) in [5.74, 6) is -0.158. The molecule has 0 saturated heterocycles. The van der Waals surface area contributed by atoms with E-state index in [9.17, 15) is 18.0 Å². The van der Waals surface area contributed by atoms with Gasteiger partial charge in [0.15, 0.2) is 0 Å². The van der Waals surface area contributed by atoms with Crippen LogP contribution in [0.25, 0.3) is 0 Å². The Bertz CT molecular complexity index is 1110. The molecule has 0 aliphatic heterocycles. The number of nitrogens with one attached hydrogen (secondary N) is 1. The highest BCUT2D eigenvalue weighted by molar-refractivity contribution is 7.92. The highest BCUT2D eigenvalue weighted by atomic mass is 35.5. The largest absolute Gasteiger partial charge is 0.497 e. The van der Waals surface area contributed by atoms with Gasteiger partial charge in [-0.2, -0.15) is 0 Å². The Morgan fingerprint density at radius 1 is 1.09 bits per heavy atom. The lowest BCUT2D eigenvalue weighted by Gasteiger charge is -2.31. The number of anilines is 1. The minimum atomic E-state index is -3.81. The molecule has 186 valence electrons. The van der Waals surface area contributed by atoms with Crippen LogP contribution < -0.4 is 14.4 Å². The van der Waals surface area contributed by atoms with Crippen molar-refractivity contribution in [3.63, 3.8) is 0 Å². The van der Waals surface area contributed by atoms with E-state index >= 15 is 0 Å². The quantitative estimate of drug-likeness (QED) is 0.501. The van der Waals surface area contributed by atoms with E-state index in [4.69, 9.17) is 16.3 Å². The van der Waals surface area contributed by atoms with Gasteiger partial charge in [0.2, 0.25) is 21.8 Å². The van der Waals surface area contributed by atoms with Crippen LogP contribution in [0.5, 0.6) is 5.75 Å². The molecule has 0 aliphatic carbocycles. The SMILES string of the molecule is COc1cccc(N(CC(=O)N(Cc2cccc(Cl)c2)[C@@H](C)C(=O)NCC(C)C)S(C)(=O)=O)c1. The Morgan fingerprint density at radius 2 is 1.76 bits per heavy atom. The maximum Gasteiger partial charge on any atom is 0.244 e. The molecule has 10 heteroatoms. The molecule has 8 nitrogen and oxygen atoms in total. The molecule has 34 heavy (non-hydrogen) atoms. The molecule has 0 unspecified atom stereocenters. The summed E-state index contributed by atoms with van der Waals surface area (Å²) in [5, 5.41) is 3.33. The lowest BCUT2D eigenvalue weighted by atomic mass is 10.1. The normalized spacial score (nSPS) is 12.2. The highest BCUT2D eigenvalue weighted by Gasteiger charge is 2.30. The smallest absolute Gasteiger partial charge is 0.244 e. The Balaban J connectivity index is 2.38. The van der Waals surface area contributed by atoms with E-state index in [0.29, 0.717) is 17.3 Å². The molecule has 2 aromatic carbocycles. The molecule has 0 radical (unpaired) electrons. The molecule has 0 heterocycles. The van der Waals surface area contributed by atoms with Gasteiger partial charge in [0.1, 0.15) is 18.3 Å². The van der Waals surface area contributed by atoms with Gasteiger partial charge in [-0.15, -0.1) is 0 Å². The zero-order valence-electron chi connectivity index (χ0n) is 20.1. The number of rotatable bonds is 11. The fourth-order valence-corrected chi connectivity index (χ4v) is 4.30. The summed E-state index contributed by atoms with van der Waals surface area (Å²) in [4.78, 5) is 27.6. The molecule has 1 N–H and O–H groups in total. The molecular formula is C24H32ClN3O5S. The summed E-state index contributed by atoms with van der Waals surface area (Å²) in [7, 11) is -2.34. The Hall–Kier alpha value is -2.78. The van der Waals surface area contributed by atoms with Crippen LogP contribution in [-0.4, -0.2) is 57.6 Å². The summed E-state index contributed by atoms with van der Waals surface area (Å²) in [5.41, 5.74) is 1.01. The lowest BCUT2D eigenvalue weighted by molar-refractivity contribution is -0.139. The van der Waals surface area contributed by atoms with Gasteiger partial charge in [-0.25, -0.2) is 8.42 Å². The first kappa shape index (κ1) is 27.5. The molecule has 0 aliphatic rings. The van der Waals surface area contributed by atoms with Gasteiger partial charge < -0.3 is 15.0 Å². The summed E-state index contributed by atoms with van der Waals surface area (Å²) in [6.45, 7) is 5.63. The summed E-state index contributed by atoms with van der Waals surface area (Å²) >= 11 is 6.11. The first-order valence-electron chi connectivity index (χ1n) is 10.9. The zero-order chi connectivity index (χ0) is 25.5. The number of benzene rings is 2. The van der Waals surface area contributed by atoms with Gasteiger partial charge in [0, 0.05) is 24.2 Å². The number of amides is 2. The number of halogens is 1. The Morgan fingerprint density at radius 3 is 2.35 bits per heavy atom. The molecular weight excluding hydrogens is 478 g/mol. The summed E-state index contributed by atoms with van der Waals surface area (Å²) in [6, 6.07) is 12.6. The van der Waals surface area contributed by atoms with Crippen molar-refractivity contribution in [3.05, 3.63) is 59.1 Å². The molecule has 0 saturated carbocycles. The fraction of sp³-hybridized carbons (Fsp3) is 0.417. The molecule has 1 atom stereocenters. The second-order valence-electron chi connectivity index (χ2n) is 8.44. The maximum absolute atomic E-state index is 13.5. The number of sulfonamides is 1. The Labute approximate surface area is 206 Å². The second kappa shape index (κ2) is 12.1. The van der Waals surface area contributed by atoms with Crippen molar-refractivity contribution in [3.8, 4) is 5.75 Å². The van der Waals surface area contributed by atoms with Crippen molar-refractivity contribution in [1.29, 1.82) is 0 Å². The number of hydrogen-bond acceptors (Lipinski definition) is 5. The van der Waals surface area contributed by atoms with Crippen molar-refractivity contribution >= 4 is 39.1 Å². The van der Waals surface area contributed by atoms with Gasteiger partial charge in [-0.1, -0.05) is 43.6 Å². The number of methoxy groups -OCH3 is 1. The number of hydrogen-bond donors (Lipinski definition) is 1. The number of carbonyl (C=O) groups is 2. The summed E-state index contributed by atoms with van der Waals surface area (Å²) in [6.07, 6.45) is 1.03. The van der Waals surface area contributed by atoms with Gasteiger partial charge in [-0.3, -0.25) is 13.9 Å². The standard InChI is InChI=1S/C24H32ClN3O5S/c1-17(2)14-26-24(30)18(3)27(15-19-8-6-9-20(25)12-19)23(29)16-28(34(5,31)32)21-10-7-11-22(13-21)33-4/h6-13,17-18H,14-16H2,1-5H3,(H,26,30)/t18-/m0/s1. The zero-order valence-corrected chi connectivity index (χ0v) is 21.7. The molecule has 0 bridgehead atoms. The van der Waals surface area contributed by atoms with Crippen molar-refractivity contribution < 1.29 is 22.7 Å². The predicted molar refractivity (Wildman–Crippen MR) is 134 cm³/mol. The van der Waals surface area contributed by atoms with Gasteiger partial charge >= 0.3 is 0 Å². The molecule has 0 fully saturated rings. The van der Waals surface area contributed by atoms with E-state index in [1.165, 1.54) is 18.1 Å². The fourth-order valence-electron chi connectivity index (χ4n) is 3.25. The third-order valence-corrected chi connectivity index (χ3v) is 6.49. The first-order valence-corrected chi connectivity index (χ1v) is 13.1. The average Bonchev–Trinajstić information content (AvgIpc) is 2.78. The van der Waals surface area contributed by atoms with Crippen LogP contribution in [0.2, 0.25) is 5.02 Å². The van der Waals surface area contributed by atoms with Crippen LogP contribution in [0, 0.1) is 5.92 Å². The highest BCUT2D eigenvalue weighted by Crippen LogP contribution is 2.24. The van der Waals surface area contributed by atoms with Gasteiger partial charge in [0.05, 0.1) is 19.1 Å². The second-order valence-corrected chi connectivity index (χ2v) is 10.8. The monoisotopic (exact) mass is 509 g/mol. The third-order valence-electron chi connectivity index (χ3n) is 5.11. The summed E-state index contributed by atoms with van der Waals surface area (Å²) < 4.78 is 31.4. The van der Waals surface area contributed by atoms with Crippen molar-refractivity contribution in [2.24, 2.45) is 5.92 Å². The molecule has 2 aromatic rings. The first-order chi connectivity index (χ1) is 15.9. The average molecular weight is 510 g/mol. The minimum Gasteiger partial charge on any atom is -0.497 e. The number of carbonyl (C=O) groups excluding carboxylic acids is 2. The molecule has 2 rings (SSSR count). The molecule has 0 spiro atoms. The number of ether oxygens (including phenoxy) is 1. The third kappa shape index (κ3) is 7.92.